The van der Waals surface area contributed by atoms with E-state index in [9.17, 15) is 9.59 Å². The lowest BCUT2D eigenvalue weighted by molar-refractivity contribution is -0.155. The van der Waals surface area contributed by atoms with Crippen molar-refractivity contribution in [3.05, 3.63) is 28.7 Å². The maximum absolute atomic E-state index is 12.2. The number of nitrogens with one attached hydrogen (secondary N) is 1. The van der Waals surface area contributed by atoms with Crippen LogP contribution >= 0.6 is 15.9 Å². The fraction of sp³-hybridized carbons (Fsp3) is 0.467. The highest BCUT2D eigenvalue weighted by atomic mass is 79.9. The Balaban J connectivity index is 1.98. The minimum absolute atomic E-state index is 0.0843. The lowest BCUT2D eigenvalue weighted by Crippen LogP contribution is -2.68. The van der Waals surface area contributed by atoms with Crippen LogP contribution in [0.1, 0.15) is 20.8 Å². The summed E-state index contributed by atoms with van der Waals surface area (Å²) in [6, 6.07) is 6.99. The van der Waals surface area contributed by atoms with E-state index in [1.54, 1.807) is 25.7 Å². The third-order valence-corrected chi connectivity index (χ3v) is 4.14. The Hall–Kier alpha value is -1.56. The first-order valence-corrected chi connectivity index (χ1v) is 7.62. The van der Waals surface area contributed by atoms with Gasteiger partial charge in [0, 0.05) is 4.47 Å². The summed E-state index contributed by atoms with van der Waals surface area (Å²) < 4.78 is 6.61. The first-order valence-electron chi connectivity index (χ1n) is 6.83. The molecule has 2 amide bonds. The molecule has 1 fully saturated rings. The molecule has 0 aliphatic carbocycles. The third-order valence-electron chi connectivity index (χ3n) is 3.61. The zero-order chi connectivity index (χ0) is 15.6. The zero-order valence-electron chi connectivity index (χ0n) is 12.4. The molecule has 1 aromatic carbocycles. The van der Waals surface area contributed by atoms with Crippen molar-refractivity contribution in [2.45, 2.75) is 32.4 Å². The molecule has 1 aliphatic heterocycles. The molecule has 0 bridgehead atoms. The van der Waals surface area contributed by atoms with Crippen molar-refractivity contribution >= 4 is 27.7 Å². The minimum atomic E-state index is -0.854. The molecular weight excluding hydrogens is 336 g/mol. The summed E-state index contributed by atoms with van der Waals surface area (Å²) in [4.78, 5) is 25.8. The van der Waals surface area contributed by atoms with E-state index in [1.807, 2.05) is 24.3 Å². The number of carbonyl (C=O) groups excluding carboxylic acids is 2. The molecule has 1 aliphatic rings. The Morgan fingerprint density at radius 2 is 1.90 bits per heavy atom. The fourth-order valence-corrected chi connectivity index (χ4v) is 2.51. The number of nitrogens with zero attached hydrogens (tertiary/aromatic N) is 1. The van der Waals surface area contributed by atoms with Gasteiger partial charge in [0.25, 0.3) is 0 Å². The van der Waals surface area contributed by atoms with Gasteiger partial charge < -0.3 is 15.0 Å². The molecule has 1 N–H and O–H groups in total. The van der Waals surface area contributed by atoms with Gasteiger partial charge in [-0.3, -0.25) is 9.59 Å². The van der Waals surface area contributed by atoms with E-state index >= 15 is 0 Å². The topological polar surface area (TPSA) is 58.6 Å². The van der Waals surface area contributed by atoms with Gasteiger partial charge in [-0.25, -0.2) is 0 Å². The Kier molecular flexibility index (Phi) is 4.56. The molecule has 6 heteroatoms. The standard InChI is InChI=1S/C15H19BrN2O3/c1-10-13(19)18(15(2,3)14(20)17-10)8-9-21-12-6-4-11(16)5-7-12/h4-7,10H,8-9H2,1-3H3,(H,17,20). The number of halogens is 1. The highest BCUT2D eigenvalue weighted by Crippen LogP contribution is 2.21. The van der Waals surface area contributed by atoms with Crippen molar-refractivity contribution in [2.75, 3.05) is 13.2 Å². The highest BCUT2D eigenvalue weighted by molar-refractivity contribution is 9.10. The number of carbonyl (C=O) groups is 2. The summed E-state index contributed by atoms with van der Waals surface area (Å²) in [7, 11) is 0. The van der Waals surface area contributed by atoms with E-state index in [1.165, 1.54) is 0 Å². The van der Waals surface area contributed by atoms with Gasteiger partial charge in [-0.1, -0.05) is 15.9 Å². The van der Waals surface area contributed by atoms with Crippen LogP contribution in [0.2, 0.25) is 0 Å². The number of amides is 2. The van der Waals surface area contributed by atoms with Gasteiger partial charge in [0.05, 0.1) is 6.54 Å². The van der Waals surface area contributed by atoms with Gasteiger partial charge in [-0.05, 0) is 45.0 Å². The second-order valence-electron chi connectivity index (χ2n) is 5.55. The molecule has 1 aromatic rings. The number of ether oxygens (including phenoxy) is 1. The monoisotopic (exact) mass is 354 g/mol. The molecule has 0 aromatic heterocycles. The van der Waals surface area contributed by atoms with E-state index in [4.69, 9.17) is 4.74 Å². The smallest absolute Gasteiger partial charge is 0.246 e. The van der Waals surface area contributed by atoms with Gasteiger partial charge in [0.15, 0.2) is 0 Å². The number of rotatable bonds is 4. The molecular formula is C15H19BrN2O3. The van der Waals surface area contributed by atoms with Crippen LogP contribution in [-0.2, 0) is 9.59 Å². The molecule has 0 radical (unpaired) electrons. The van der Waals surface area contributed by atoms with Gasteiger partial charge in [-0.2, -0.15) is 0 Å². The normalized spacial score (nSPS) is 21.1. The average Bonchev–Trinajstić information content (AvgIpc) is 2.43. The average molecular weight is 355 g/mol. The van der Waals surface area contributed by atoms with E-state index in [-0.39, 0.29) is 11.8 Å². The van der Waals surface area contributed by atoms with Crippen molar-refractivity contribution in [1.29, 1.82) is 0 Å². The van der Waals surface area contributed by atoms with Crippen molar-refractivity contribution in [3.63, 3.8) is 0 Å². The number of benzene rings is 1. The highest BCUT2D eigenvalue weighted by Gasteiger charge is 2.44. The Bertz CT molecular complexity index is 542. The van der Waals surface area contributed by atoms with Crippen LogP contribution in [-0.4, -0.2) is 41.4 Å². The van der Waals surface area contributed by atoms with Crippen molar-refractivity contribution in [2.24, 2.45) is 0 Å². The van der Waals surface area contributed by atoms with Gasteiger partial charge >= 0.3 is 0 Å². The van der Waals surface area contributed by atoms with Gasteiger partial charge in [0.2, 0.25) is 11.8 Å². The van der Waals surface area contributed by atoms with Gasteiger partial charge in [0.1, 0.15) is 23.9 Å². The minimum Gasteiger partial charge on any atom is -0.492 e. The molecule has 0 spiro atoms. The van der Waals surface area contributed by atoms with Crippen molar-refractivity contribution in [3.8, 4) is 5.75 Å². The second-order valence-corrected chi connectivity index (χ2v) is 6.46. The molecule has 1 unspecified atom stereocenters. The fourth-order valence-electron chi connectivity index (χ4n) is 2.24. The first-order chi connectivity index (χ1) is 9.82. The Morgan fingerprint density at radius 1 is 1.29 bits per heavy atom. The number of piperazine rings is 1. The molecule has 2 rings (SSSR count). The zero-order valence-corrected chi connectivity index (χ0v) is 13.9. The van der Waals surface area contributed by atoms with Crippen LogP contribution in [0.4, 0.5) is 0 Å². The predicted octanol–water partition coefficient (Wildman–Crippen LogP) is 1.95. The molecule has 1 atom stereocenters. The summed E-state index contributed by atoms with van der Waals surface area (Å²) in [6.07, 6.45) is 0. The quantitative estimate of drug-likeness (QED) is 0.898. The lowest BCUT2D eigenvalue weighted by atomic mass is 9.96. The molecule has 114 valence electrons. The largest absolute Gasteiger partial charge is 0.492 e. The van der Waals surface area contributed by atoms with E-state index in [0.717, 1.165) is 10.2 Å². The summed E-state index contributed by atoms with van der Waals surface area (Å²) in [5, 5.41) is 2.69. The van der Waals surface area contributed by atoms with Crippen LogP contribution in [0.3, 0.4) is 0 Å². The molecule has 21 heavy (non-hydrogen) atoms. The van der Waals surface area contributed by atoms with Crippen LogP contribution < -0.4 is 10.1 Å². The van der Waals surface area contributed by atoms with Crippen LogP contribution in [0.25, 0.3) is 0 Å². The van der Waals surface area contributed by atoms with E-state index in [0.29, 0.717) is 13.2 Å². The summed E-state index contributed by atoms with van der Waals surface area (Å²) in [6.45, 7) is 5.89. The van der Waals surface area contributed by atoms with Gasteiger partial charge in [-0.15, -0.1) is 0 Å². The summed E-state index contributed by atoms with van der Waals surface area (Å²) in [5.41, 5.74) is -0.854. The van der Waals surface area contributed by atoms with Crippen molar-refractivity contribution < 1.29 is 14.3 Å². The SMILES string of the molecule is CC1NC(=O)C(C)(C)N(CCOc2ccc(Br)cc2)C1=O. The Morgan fingerprint density at radius 3 is 2.52 bits per heavy atom. The van der Waals surface area contributed by atoms with E-state index < -0.39 is 11.6 Å². The maximum atomic E-state index is 12.2. The van der Waals surface area contributed by atoms with Crippen LogP contribution in [0.5, 0.6) is 5.75 Å². The third kappa shape index (κ3) is 3.37. The van der Waals surface area contributed by atoms with Crippen molar-refractivity contribution in [1.82, 2.24) is 10.2 Å². The number of hydrogen-bond donors (Lipinski definition) is 1. The predicted molar refractivity (Wildman–Crippen MR) is 83.0 cm³/mol. The Labute approximate surface area is 132 Å². The summed E-state index contributed by atoms with van der Waals surface area (Å²) in [5.74, 6) is 0.509. The molecule has 0 saturated carbocycles. The molecule has 1 saturated heterocycles. The number of hydrogen-bond acceptors (Lipinski definition) is 3. The summed E-state index contributed by atoms with van der Waals surface area (Å²) >= 11 is 3.36. The molecule has 1 heterocycles. The maximum Gasteiger partial charge on any atom is 0.246 e. The first kappa shape index (κ1) is 15.8. The molecule has 5 nitrogen and oxygen atoms in total. The lowest BCUT2D eigenvalue weighted by Gasteiger charge is -2.43. The van der Waals surface area contributed by atoms with Crippen LogP contribution in [0.15, 0.2) is 28.7 Å². The second kappa shape index (κ2) is 6.05. The van der Waals surface area contributed by atoms with Crippen LogP contribution in [0, 0.1) is 0 Å². The van der Waals surface area contributed by atoms with E-state index in [2.05, 4.69) is 21.2 Å².